The molecule has 1 amide bonds. The van der Waals surface area contributed by atoms with Crippen LogP contribution in [-0.4, -0.2) is 16.9 Å². The van der Waals surface area contributed by atoms with Crippen LogP contribution in [0.25, 0.3) is 0 Å². The third-order valence-electron chi connectivity index (χ3n) is 2.84. The molecule has 0 atom stereocenters. The third-order valence-corrected chi connectivity index (χ3v) is 3.96. The number of benzene rings is 1. The van der Waals surface area contributed by atoms with E-state index in [4.69, 9.17) is 0 Å². The van der Waals surface area contributed by atoms with Crippen molar-refractivity contribution in [2.75, 3.05) is 11.1 Å². The number of nitrogens with zero attached hydrogens (tertiary/aromatic N) is 1. The van der Waals surface area contributed by atoms with Crippen molar-refractivity contribution < 1.29 is 14.0 Å². The van der Waals surface area contributed by atoms with Crippen molar-refractivity contribution in [1.82, 2.24) is 5.27 Å². The minimum atomic E-state index is -0.475. The number of aromatic amines is 1. The number of aromatic nitrogens is 2. The zero-order chi connectivity index (χ0) is 14.7. The average molecular weight is 294 g/mol. The monoisotopic (exact) mass is 294 g/mol. The van der Waals surface area contributed by atoms with E-state index in [9.17, 15) is 9.59 Å². The summed E-state index contributed by atoms with van der Waals surface area (Å²) >= 11 is 1.13. The molecule has 20 heavy (non-hydrogen) atoms. The van der Waals surface area contributed by atoms with Crippen LogP contribution < -0.4 is 15.6 Å². The molecule has 0 unspecified atom stereocenters. The first-order valence-electron chi connectivity index (χ1n) is 6.05. The van der Waals surface area contributed by atoms with Gasteiger partial charge in [-0.25, -0.2) is 4.79 Å². The lowest BCUT2D eigenvalue weighted by molar-refractivity contribution is -0.772. The second-order valence-corrected chi connectivity index (χ2v) is 5.41. The number of carbonyl (C=O) groups excluding carboxylic acids is 1. The zero-order valence-corrected chi connectivity index (χ0v) is 12.3. The van der Waals surface area contributed by atoms with E-state index in [1.807, 2.05) is 32.0 Å². The number of aryl methyl sites for hydroxylation is 3. The second kappa shape index (κ2) is 5.96. The van der Waals surface area contributed by atoms with Gasteiger partial charge in [0.15, 0.2) is 7.05 Å². The van der Waals surface area contributed by atoms with Crippen molar-refractivity contribution >= 4 is 23.4 Å². The Labute approximate surface area is 120 Å². The first-order chi connectivity index (χ1) is 9.49. The number of amides is 1. The normalized spacial score (nSPS) is 10.6. The van der Waals surface area contributed by atoms with E-state index in [-0.39, 0.29) is 11.7 Å². The Morgan fingerprint density at radius 2 is 2.05 bits per heavy atom. The molecule has 0 aliphatic rings. The number of para-hydroxylation sites is 1. The lowest BCUT2D eigenvalue weighted by Crippen LogP contribution is -2.34. The molecule has 0 fully saturated rings. The van der Waals surface area contributed by atoms with Crippen LogP contribution in [0.1, 0.15) is 11.1 Å². The minimum Gasteiger partial charge on any atom is -0.325 e. The molecule has 2 aromatic rings. The molecule has 0 bridgehead atoms. The van der Waals surface area contributed by atoms with Crippen LogP contribution in [0.3, 0.4) is 0 Å². The van der Waals surface area contributed by atoms with Gasteiger partial charge in [-0.15, -0.1) is 0 Å². The lowest BCUT2D eigenvalue weighted by atomic mass is 10.1. The van der Waals surface area contributed by atoms with Crippen molar-refractivity contribution in [3.63, 3.8) is 0 Å². The van der Waals surface area contributed by atoms with E-state index in [1.54, 1.807) is 7.05 Å². The van der Waals surface area contributed by atoms with Crippen molar-refractivity contribution in [1.29, 1.82) is 0 Å². The summed E-state index contributed by atoms with van der Waals surface area (Å²) < 4.78 is 6.06. The summed E-state index contributed by atoms with van der Waals surface area (Å²) in [5, 5.41) is 5.64. The number of thioether (sulfide) groups is 1. The first-order valence-corrected chi connectivity index (χ1v) is 7.04. The quantitative estimate of drug-likeness (QED) is 0.654. The second-order valence-electron chi connectivity index (χ2n) is 4.45. The number of rotatable bonds is 4. The first kappa shape index (κ1) is 14.4. The maximum Gasteiger partial charge on any atom is 0.441 e. The Hall–Kier alpha value is -2.02. The highest BCUT2D eigenvalue weighted by Crippen LogP contribution is 2.20. The Morgan fingerprint density at radius 3 is 2.60 bits per heavy atom. The van der Waals surface area contributed by atoms with Crippen LogP contribution in [-0.2, 0) is 11.8 Å². The largest absolute Gasteiger partial charge is 0.441 e. The molecule has 0 aliphatic heterocycles. The summed E-state index contributed by atoms with van der Waals surface area (Å²) in [5.41, 5.74) is 2.37. The van der Waals surface area contributed by atoms with Crippen LogP contribution in [0.2, 0.25) is 0 Å². The van der Waals surface area contributed by atoms with Crippen molar-refractivity contribution in [3.8, 4) is 0 Å². The fourth-order valence-corrected chi connectivity index (χ4v) is 2.54. The van der Waals surface area contributed by atoms with E-state index in [1.165, 1.54) is 4.68 Å². The van der Waals surface area contributed by atoms with Gasteiger partial charge in [0, 0.05) is 5.69 Å². The molecule has 2 rings (SSSR count). The summed E-state index contributed by atoms with van der Waals surface area (Å²) in [5.74, 6) is -0.0162. The van der Waals surface area contributed by atoms with E-state index < -0.39 is 5.63 Å². The predicted octanol–water partition coefficient (Wildman–Crippen LogP) is 1.14. The van der Waals surface area contributed by atoms with Gasteiger partial charge in [0.2, 0.25) is 5.91 Å². The van der Waals surface area contributed by atoms with Gasteiger partial charge in [-0.3, -0.25) is 9.32 Å². The van der Waals surface area contributed by atoms with Gasteiger partial charge in [0.05, 0.1) is 5.75 Å². The van der Waals surface area contributed by atoms with Crippen molar-refractivity contribution in [3.05, 3.63) is 39.7 Å². The Balaban J connectivity index is 2.02. The number of nitrogens with one attached hydrogen (secondary N) is 2. The molecule has 0 aliphatic carbocycles. The number of H-pyrrole nitrogens is 1. The molecule has 1 aromatic carbocycles. The Bertz CT molecular complexity index is 670. The number of hydrogen-bond acceptors (Lipinski definition) is 4. The van der Waals surface area contributed by atoms with Crippen LogP contribution in [0, 0.1) is 13.8 Å². The van der Waals surface area contributed by atoms with Gasteiger partial charge >= 0.3 is 10.7 Å². The molecule has 1 aromatic heterocycles. The van der Waals surface area contributed by atoms with Crippen LogP contribution in [0.15, 0.2) is 32.5 Å². The smallest absolute Gasteiger partial charge is 0.325 e. The molecule has 0 radical (unpaired) electrons. The Kier molecular flexibility index (Phi) is 4.29. The number of carbonyl (C=O) groups is 1. The van der Waals surface area contributed by atoms with Gasteiger partial charge < -0.3 is 5.32 Å². The molecule has 0 spiro atoms. The minimum absolute atomic E-state index is 0.143. The molecular formula is C13H16N3O3S+. The Morgan fingerprint density at radius 1 is 1.40 bits per heavy atom. The SMILES string of the molecule is Cc1cccc(C)c1NC(=O)CSc1c(=O)o[nH][n+]1C. The topological polar surface area (TPSA) is 79.0 Å². The van der Waals surface area contributed by atoms with E-state index >= 15 is 0 Å². The van der Waals surface area contributed by atoms with Crippen LogP contribution in [0.4, 0.5) is 5.69 Å². The maximum absolute atomic E-state index is 12.0. The average Bonchev–Trinajstić information content (AvgIpc) is 2.71. The highest BCUT2D eigenvalue weighted by Gasteiger charge is 2.19. The fourth-order valence-electron chi connectivity index (χ4n) is 1.81. The standard InChI is InChI=1S/C13H15N3O3S/c1-8-5-4-6-9(2)11(8)14-10(17)7-20-12-13(18)19-15-16(12)3/h4-6H,7H2,1-3H3,(H-,14,15,17,18)/p+1. The van der Waals surface area contributed by atoms with E-state index in [2.05, 4.69) is 15.1 Å². The number of anilines is 1. The van der Waals surface area contributed by atoms with Gasteiger partial charge in [-0.1, -0.05) is 22.9 Å². The molecule has 1 heterocycles. The van der Waals surface area contributed by atoms with Gasteiger partial charge in [0.1, 0.15) is 0 Å². The predicted molar refractivity (Wildman–Crippen MR) is 75.8 cm³/mol. The molecule has 0 saturated heterocycles. The van der Waals surface area contributed by atoms with Crippen molar-refractivity contribution in [2.24, 2.45) is 7.05 Å². The summed E-state index contributed by atoms with van der Waals surface area (Å²) in [7, 11) is 1.65. The van der Waals surface area contributed by atoms with Crippen LogP contribution >= 0.6 is 11.8 Å². The molecule has 6 nitrogen and oxygen atoms in total. The lowest BCUT2D eigenvalue weighted by Gasteiger charge is -2.10. The zero-order valence-electron chi connectivity index (χ0n) is 11.5. The molecule has 7 heteroatoms. The van der Waals surface area contributed by atoms with Gasteiger partial charge in [-0.05, 0) is 42.0 Å². The summed E-state index contributed by atoms with van der Waals surface area (Å²) in [4.78, 5) is 23.3. The van der Waals surface area contributed by atoms with E-state index in [0.29, 0.717) is 5.03 Å². The van der Waals surface area contributed by atoms with Gasteiger partial charge in [-0.2, -0.15) is 0 Å². The maximum atomic E-state index is 12.0. The third kappa shape index (κ3) is 3.11. The highest BCUT2D eigenvalue weighted by molar-refractivity contribution is 7.99. The molecule has 0 saturated carbocycles. The summed E-state index contributed by atoms with van der Waals surface area (Å²) in [6, 6.07) is 5.83. The fraction of sp³-hybridized carbons (Fsp3) is 0.308. The van der Waals surface area contributed by atoms with Crippen LogP contribution in [0.5, 0.6) is 0 Å². The highest BCUT2D eigenvalue weighted by atomic mass is 32.2. The summed E-state index contributed by atoms with van der Waals surface area (Å²) in [6.45, 7) is 3.88. The van der Waals surface area contributed by atoms with E-state index in [0.717, 1.165) is 28.6 Å². The molecular weight excluding hydrogens is 278 g/mol. The summed E-state index contributed by atoms with van der Waals surface area (Å²) in [6.07, 6.45) is 0. The molecule has 2 N–H and O–H groups in total. The number of hydrogen-bond donors (Lipinski definition) is 2. The van der Waals surface area contributed by atoms with Gasteiger partial charge in [0.25, 0.3) is 0 Å². The van der Waals surface area contributed by atoms with Crippen molar-refractivity contribution in [2.45, 2.75) is 18.9 Å². The molecule has 106 valence electrons.